The smallest absolute Gasteiger partial charge is 0.241 e. The molecule has 1 aliphatic heterocycles. The summed E-state index contributed by atoms with van der Waals surface area (Å²) < 4.78 is 0. The summed E-state index contributed by atoms with van der Waals surface area (Å²) in [7, 11) is 0. The lowest BCUT2D eigenvalue weighted by Crippen LogP contribution is -2.45. The van der Waals surface area contributed by atoms with Gasteiger partial charge in [-0.2, -0.15) is 0 Å². The molecular weight excluding hydrogens is 236 g/mol. The number of nitrogens with one attached hydrogen (secondary N) is 1. The fourth-order valence-electron chi connectivity index (χ4n) is 3.17. The predicted molar refractivity (Wildman–Crippen MR) is 80.7 cm³/mol. The van der Waals surface area contributed by atoms with Gasteiger partial charge in [0.15, 0.2) is 0 Å². The Morgan fingerprint density at radius 2 is 1.63 bits per heavy atom. The van der Waals surface area contributed by atoms with Crippen LogP contribution in [0.25, 0.3) is 0 Å². The maximum Gasteiger partial charge on any atom is 0.241 e. The molecule has 0 aromatic carbocycles. The number of carbonyl (C=O) groups excluding carboxylic acids is 1. The average Bonchev–Trinajstić information content (AvgIpc) is 2.62. The molecule has 19 heavy (non-hydrogen) atoms. The van der Waals surface area contributed by atoms with E-state index in [2.05, 4.69) is 58.7 Å². The Hall–Kier alpha value is -0.570. The molecule has 1 rings (SSSR count). The van der Waals surface area contributed by atoms with E-state index >= 15 is 0 Å². The molecule has 0 aliphatic carbocycles. The number of hydrogen-bond donors (Lipinski definition) is 1. The van der Waals surface area contributed by atoms with E-state index in [-0.39, 0.29) is 12.2 Å². The highest BCUT2D eigenvalue weighted by Crippen LogP contribution is 2.27. The highest BCUT2D eigenvalue weighted by molar-refractivity contribution is 5.84. The molecule has 1 N–H and O–H groups in total. The summed E-state index contributed by atoms with van der Waals surface area (Å²) in [5.41, 5.74) is 0. The molecular formula is C16H32N2O. The third-order valence-corrected chi connectivity index (χ3v) is 4.45. The van der Waals surface area contributed by atoms with E-state index < -0.39 is 0 Å². The Morgan fingerprint density at radius 3 is 2.00 bits per heavy atom. The fraction of sp³-hybridized carbons (Fsp3) is 0.938. The van der Waals surface area contributed by atoms with Crippen molar-refractivity contribution >= 4 is 5.91 Å². The Morgan fingerprint density at radius 1 is 1.11 bits per heavy atom. The summed E-state index contributed by atoms with van der Waals surface area (Å²) in [5.74, 6) is 2.55. The molecule has 1 aliphatic rings. The lowest BCUT2D eigenvalue weighted by molar-refractivity contribution is -0.131. The molecule has 0 radical (unpaired) electrons. The van der Waals surface area contributed by atoms with Crippen LogP contribution in [0.3, 0.4) is 0 Å². The minimum Gasteiger partial charge on any atom is -0.325 e. The Bertz CT molecular complexity index is 291. The molecule has 0 aromatic heterocycles. The summed E-state index contributed by atoms with van der Waals surface area (Å²) >= 11 is 0. The zero-order valence-electron chi connectivity index (χ0n) is 13.7. The molecule has 1 heterocycles. The molecule has 1 fully saturated rings. The van der Waals surface area contributed by atoms with Crippen LogP contribution in [0.5, 0.6) is 0 Å². The van der Waals surface area contributed by atoms with Gasteiger partial charge in [-0.1, -0.05) is 48.5 Å². The number of carbonyl (C=O) groups is 1. The van der Waals surface area contributed by atoms with Crippen molar-refractivity contribution in [1.82, 2.24) is 10.2 Å². The van der Waals surface area contributed by atoms with Gasteiger partial charge in [0.25, 0.3) is 0 Å². The normalized spacial score (nSPS) is 24.6. The van der Waals surface area contributed by atoms with Gasteiger partial charge in [0.05, 0.1) is 12.2 Å². The first kappa shape index (κ1) is 16.5. The van der Waals surface area contributed by atoms with Crippen molar-refractivity contribution in [2.75, 3.05) is 6.54 Å². The quantitative estimate of drug-likeness (QED) is 0.803. The van der Waals surface area contributed by atoms with E-state index in [1.165, 1.54) is 0 Å². The van der Waals surface area contributed by atoms with Crippen LogP contribution in [0.1, 0.15) is 54.9 Å². The van der Waals surface area contributed by atoms with Crippen LogP contribution in [0, 0.1) is 23.7 Å². The first-order valence-corrected chi connectivity index (χ1v) is 7.86. The Balaban J connectivity index is 2.85. The van der Waals surface area contributed by atoms with E-state index in [9.17, 15) is 4.79 Å². The third-order valence-electron chi connectivity index (χ3n) is 4.45. The van der Waals surface area contributed by atoms with Crippen molar-refractivity contribution in [3.63, 3.8) is 0 Å². The van der Waals surface area contributed by atoms with Crippen LogP contribution < -0.4 is 5.32 Å². The number of hydrogen-bond acceptors (Lipinski definition) is 2. The van der Waals surface area contributed by atoms with Crippen LogP contribution >= 0.6 is 0 Å². The molecule has 2 unspecified atom stereocenters. The van der Waals surface area contributed by atoms with Crippen molar-refractivity contribution in [2.24, 2.45) is 23.7 Å². The monoisotopic (exact) mass is 268 g/mol. The maximum atomic E-state index is 12.5. The predicted octanol–water partition coefficient (Wildman–Crippen LogP) is 3.11. The Kier molecular flexibility index (Phi) is 5.84. The van der Waals surface area contributed by atoms with Crippen LogP contribution in [-0.4, -0.2) is 29.6 Å². The highest BCUT2D eigenvalue weighted by Gasteiger charge is 2.40. The zero-order valence-corrected chi connectivity index (χ0v) is 13.7. The molecule has 1 amide bonds. The van der Waals surface area contributed by atoms with Gasteiger partial charge in [0.2, 0.25) is 5.91 Å². The molecule has 0 saturated carbocycles. The van der Waals surface area contributed by atoms with Gasteiger partial charge in [0.1, 0.15) is 0 Å². The van der Waals surface area contributed by atoms with Crippen molar-refractivity contribution in [3.8, 4) is 0 Å². The van der Waals surface area contributed by atoms with Gasteiger partial charge >= 0.3 is 0 Å². The largest absolute Gasteiger partial charge is 0.325 e. The minimum atomic E-state index is 0.0207. The minimum absolute atomic E-state index is 0.0207. The molecule has 112 valence electrons. The topological polar surface area (TPSA) is 32.3 Å². The molecule has 0 bridgehead atoms. The van der Waals surface area contributed by atoms with E-state index in [1.54, 1.807) is 0 Å². The van der Waals surface area contributed by atoms with Crippen molar-refractivity contribution in [2.45, 2.75) is 67.1 Å². The number of nitrogens with zero attached hydrogens (tertiary/aromatic N) is 1. The SMILES string of the molecule is CCC1NC(C(C)C)N(CC(C(C)C)C(C)C)C1=O. The molecule has 3 nitrogen and oxygen atoms in total. The van der Waals surface area contributed by atoms with Gasteiger partial charge in [-0.3, -0.25) is 10.1 Å². The second-order valence-electron chi connectivity index (χ2n) is 6.96. The van der Waals surface area contributed by atoms with Crippen molar-refractivity contribution < 1.29 is 4.79 Å². The average molecular weight is 268 g/mol. The summed E-state index contributed by atoms with van der Waals surface area (Å²) in [6.45, 7) is 16.4. The van der Waals surface area contributed by atoms with E-state index in [1.807, 2.05) is 0 Å². The van der Waals surface area contributed by atoms with Gasteiger partial charge in [-0.05, 0) is 30.1 Å². The first-order chi connectivity index (χ1) is 8.79. The molecule has 2 atom stereocenters. The highest BCUT2D eigenvalue weighted by atomic mass is 16.2. The van der Waals surface area contributed by atoms with E-state index in [0.717, 1.165) is 13.0 Å². The van der Waals surface area contributed by atoms with Gasteiger partial charge in [-0.15, -0.1) is 0 Å². The van der Waals surface area contributed by atoms with E-state index in [0.29, 0.717) is 29.6 Å². The molecule has 0 spiro atoms. The lowest BCUT2D eigenvalue weighted by Gasteiger charge is -2.34. The first-order valence-electron chi connectivity index (χ1n) is 7.86. The van der Waals surface area contributed by atoms with Crippen molar-refractivity contribution in [3.05, 3.63) is 0 Å². The van der Waals surface area contributed by atoms with Crippen LogP contribution in [-0.2, 0) is 4.79 Å². The molecule has 3 heteroatoms. The van der Waals surface area contributed by atoms with Crippen LogP contribution in [0.2, 0.25) is 0 Å². The maximum absolute atomic E-state index is 12.5. The molecule has 0 aromatic rings. The summed E-state index contributed by atoms with van der Waals surface area (Å²) in [6.07, 6.45) is 1.09. The second-order valence-corrected chi connectivity index (χ2v) is 6.96. The number of rotatable bonds is 6. The van der Waals surface area contributed by atoms with Gasteiger partial charge in [0, 0.05) is 6.54 Å². The summed E-state index contributed by atoms with van der Waals surface area (Å²) in [6, 6.07) is 0.0207. The fourth-order valence-corrected chi connectivity index (χ4v) is 3.17. The van der Waals surface area contributed by atoms with Crippen LogP contribution in [0.4, 0.5) is 0 Å². The van der Waals surface area contributed by atoms with Crippen LogP contribution in [0.15, 0.2) is 0 Å². The lowest BCUT2D eigenvalue weighted by atomic mass is 9.85. The van der Waals surface area contributed by atoms with E-state index in [4.69, 9.17) is 0 Å². The van der Waals surface area contributed by atoms with Gasteiger partial charge < -0.3 is 4.90 Å². The Labute approximate surface area is 119 Å². The molecule has 1 saturated heterocycles. The second kappa shape index (κ2) is 6.74. The standard InChI is InChI=1S/C16H32N2O/c1-8-14-16(19)18(15(17-14)12(6)7)9-13(10(2)3)11(4)5/h10-15,17H,8-9H2,1-7H3. The summed E-state index contributed by atoms with van der Waals surface area (Å²) in [4.78, 5) is 14.6. The van der Waals surface area contributed by atoms with Gasteiger partial charge in [-0.25, -0.2) is 0 Å². The summed E-state index contributed by atoms with van der Waals surface area (Å²) in [5, 5.41) is 3.50. The third kappa shape index (κ3) is 3.71. The number of amides is 1. The zero-order chi connectivity index (χ0) is 14.7. The van der Waals surface area contributed by atoms with Crippen molar-refractivity contribution in [1.29, 1.82) is 0 Å².